The second-order valence-electron chi connectivity index (χ2n) is 18.3. The SMILES string of the molecule is CC1(C)c2ccc(-c3cc4c(c5sc6ccccc6c35)C(C)(C)c3c-4ccc4ccccc34)cc2-c2ccc(-c3c4ccccc4c(-c4ccccc4)c4ccccc34)cc21. The predicted molar refractivity (Wildman–Crippen MR) is 263 cm³/mol. The van der Waals surface area contributed by atoms with Gasteiger partial charge in [0.05, 0.1) is 0 Å². The minimum atomic E-state index is -0.166. The van der Waals surface area contributed by atoms with Crippen LogP contribution in [0.25, 0.3) is 108 Å². The van der Waals surface area contributed by atoms with Crippen LogP contribution < -0.4 is 0 Å². The van der Waals surface area contributed by atoms with Crippen molar-refractivity contribution in [1.29, 1.82) is 0 Å². The summed E-state index contributed by atoms with van der Waals surface area (Å²) >= 11 is 1.97. The monoisotopic (exact) mass is 794 g/mol. The third kappa shape index (κ3) is 4.70. The molecule has 11 aromatic rings. The molecule has 0 radical (unpaired) electrons. The lowest BCUT2D eigenvalue weighted by Crippen LogP contribution is -2.15. The Kier molecular flexibility index (Phi) is 7.11. The predicted octanol–water partition coefficient (Wildman–Crippen LogP) is 17.1. The molecule has 1 aromatic heterocycles. The Labute approximate surface area is 360 Å². The van der Waals surface area contributed by atoms with E-state index in [9.17, 15) is 0 Å². The van der Waals surface area contributed by atoms with E-state index in [1.165, 1.54) is 130 Å². The molecule has 0 N–H and O–H groups in total. The van der Waals surface area contributed by atoms with Crippen LogP contribution in [0.4, 0.5) is 0 Å². The molecule has 0 bridgehead atoms. The molecule has 61 heavy (non-hydrogen) atoms. The van der Waals surface area contributed by atoms with Gasteiger partial charge in [-0.15, -0.1) is 11.3 Å². The average molecular weight is 795 g/mol. The minimum Gasteiger partial charge on any atom is -0.135 e. The lowest BCUT2D eigenvalue weighted by molar-refractivity contribution is 0.660. The Morgan fingerprint density at radius 1 is 0.344 bits per heavy atom. The maximum Gasteiger partial charge on any atom is 0.0408 e. The normalized spacial score (nSPS) is 14.5. The fourth-order valence-corrected chi connectivity index (χ4v) is 13.1. The molecule has 0 saturated heterocycles. The highest BCUT2D eigenvalue weighted by Crippen LogP contribution is 2.59. The lowest BCUT2D eigenvalue weighted by Gasteiger charge is -2.24. The summed E-state index contributed by atoms with van der Waals surface area (Å²) in [6.45, 7) is 9.72. The van der Waals surface area contributed by atoms with Gasteiger partial charge in [0.1, 0.15) is 0 Å². The Morgan fingerprint density at radius 2 is 0.934 bits per heavy atom. The maximum absolute atomic E-state index is 2.54. The molecule has 2 aliphatic carbocycles. The van der Waals surface area contributed by atoms with Gasteiger partial charge in [0, 0.05) is 31.0 Å². The highest BCUT2D eigenvalue weighted by Gasteiger charge is 2.41. The largest absolute Gasteiger partial charge is 0.135 e. The third-order valence-electron chi connectivity index (χ3n) is 14.4. The molecule has 0 fully saturated rings. The van der Waals surface area contributed by atoms with Crippen LogP contribution in [0.5, 0.6) is 0 Å². The molecule has 13 rings (SSSR count). The Balaban J connectivity index is 1.02. The second kappa shape index (κ2) is 12.4. The van der Waals surface area contributed by atoms with Crippen molar-refractivity contribution in [1.82, 2.24) is 0 Å². The molecule has 1 heteroatoms. The van der Waals surface area contributed by atoms with Crippen molar-refractivity contribution in [2.45, 2.75) is 38.5 Å². The van der Waals surface area contributed by atoms with Gasteiger partial charge < -0.3 is 0 Å². The molecule has 0 unspecified atom stereocenters. The van der Waals surface area contributed by atoms with Crippen LogP contribution in [-0.4, -0.2) is 0 Å². The van der Waals surface area contributed by atoms with Gasteiger partial charge in [0.15, 0.2) is 0 Å². The van der Waals surface area contributed by atoms with Crippen molar-refractivity contribution >= 4 is 63.8 Å². The Hall–Kier alpha value is -6.80. The van der Waals surface area contributed by atoms with Crippen LogP contribution in [0.2, 0.25) is 0 Å². The third-order valence-corrected chi connectivity index (χ3v) is 15.6. The highest BCUT2D eigenvalue weighted by molar-refractivity contribution is 7.26. The van der Waals surface area contributed by atoms with E-state index in [0.29, 0.717) is 0 Å². The zero-order chi connectivity index (χ0) is 40.8. The van der Waals surface area contributed by atoms with Crippen LogP contribution in [-0.2, 0) is 10.8 Å². The second-order valence-corrected chi connectivity index (χ2v) is 19.4. The molecule has 0 amide bonds. The van der Waals surface area contributed by atoms with Crippen LogP contribution in [0.1, 0.15) is 49.9 Å². The topological polar surface area (TPSA) is 0 Å². The van der Waals surface area contributed by atoms with E-state index in [4.69, 9.17) is 0 Å². The van der Waals surface area contributed by atoms with E-state index in [-0.39, 0.29) is 10.8 Å². The van der Waals surface area contributed by atoms with Crippen molar-refractivity contribution in [2.24, 2.45) is 0 Å². The Bertz CT molecular complexity index is 3630. The highest BCUT2D eigenvalue weighted by atomic mass is 32.1. The molecule has 0 spiro atoms. The van der Waals surface area contributed by atoms with Gasteiger partial charge in [-0.1, -0.05) is 185 Å². The summed E-state index contributed by atoms with van der Waals surface area (Å²) in [6.07, 6.45) is 0. The number of benzene rings is 10. The first-order chi connectivity index (χ1) is 29.8. The van der Waals surface area contributed by atoms with Gasteiger partial charge in [0.2, 0.25) is 0 Å². The molecule has 0 atom stereocenters. The number of hydrogen-bond acceptors (Lipinski definition) is 1. The van der Waals surface area contributed by atoms with E-state index in [1.54, 1.807) is 0 Å². The summed E-state index contributed by atoms with van der Waals surface area (Å²) in [7, 11) is 0. The molecule has 1 heterocycles. The summed E-state index contributed by atoms with van der Waals surface area (Å²) < 4.78 is 2.77. The molecule has 288 valence electrons. The Morgan fingerprint density at radius 3 is 1.66 bits per heavy atom. The summed E-state index contributed by atoms with van der Waals surface area (Å²) in [6, 6.07) is 68.8. The average Bonchev–Trinajstić information content (AvgIpc) is 3.87. The first-order valence-corrected chi connectivity index (χ1v) is 22.4. The van der Waals surface area contributed by atoms with E-state index < -0.39 is 0 Å². The van der Waals surface area contributed by atoms with Gasteiger partial charge in [-0.05, 0) is 134 Å². The fraction of sp³-hybridized carbons (Fsp3) is 0.100. The maximum atomic E-state index is 2.54. The number of hydrogen-bond donors (Lipinski definition) is 0. The zero-order valence-electron chi connectivity index (χ0n) is 34.7. The van der Waals surface area contributed by atoms with Gasteiger partial charge in [-0.2, -0.15) is 0 Å². The molecule has 0 saturated carbocycles. The standard InChI is InChI=1S/C60H42S/c1-59(2)50-31-28-37(47-34-49-45-30-26-35-16-8-9-19-39(35)56(45)60(3,4)57(49)58-55(47)46-24-14-15-25-52(46)61-58)32-48(50)40-29-27-38(33-51(40)59)54-43-22-12-10-20-41(43)53(36-17-6-5-7-18-36)42-21-11-13-23-44(42)54/h5-34H,1-4H3. The van der Waals surface area contributed by atoms with E-state index in [2.05, 4.69) is 210 Å². The van der Waals surface area contributed by atoms with Gasteiger partial charge in [-0.25, -0.2) is 0 Å². The van der Waals surface area contributed by atoms with Gasteiger partial charge in [0.25, 0.3) is 0 Å². The zero-order valence-corrected chi connectivity index (χ0v) is 35.5. The first kappa shape index (κ1) is 35.0. The molecule has 10 aromatic carbocycles. The summed E-state index contributed by atoms with van der Waals surface area (Å²) in [4.78, 5) is 0. The van der Waals surface area contributed by atoms with Gasteiger partial charge >= 0.3 is 0 Å². The molecular formula is C60H42S. The lowest BCUT2D eigenvalue weighted by atomic mass is 9.79. The van der Waals surface area contributed by atoms with Crippen LogP contribution in [0.15, 0.2) is 182 Å². The van der Waals surface area contributed by atoms with Crippen molar-refractivity contribution in [3.8, 4) is 55.6 Å². The van der Waals surface area contributed by atoms with Crippen molar-refractivity contribution in [3.05, 3.63) is 204 Å². The van der Waals surface area contributed by atoms with Crippen LogP contribution in [0.3, 0.4) is 0 Å². The fourth-order valence-electron chi connectivity index (χ4n) is 11.7. The number of thiophene rings is 1. The summed E-state index contributed by atoms with van der Waals surface area (Å²) in [5.74, 6) is 0. The van der Waals surface area contributed by atoms with Crippen LogP contribution in [0, 0.1) is 0 Å². The number of fused-ring (bicyclic) bond motifs is 14. The van der Waals surface area contributed by atoms with Crippen LogP contribution >= 0.6 is 11.3 Å². The first-order valence-electron chi connectivity index (χ1n) is 21.6. The van der Waals surface area contributed by atoms with E-state index in [1.807, 2.05) is 11.3 Å². The van der Waals surface area contributed by atoms with Gasteiger partial charge in [-0.3, -0.25) is 0 Å². The van der Waals surface area contributed by atoms with Crippen molar-refractivity contribution in [3.63, 3.8) is 0 Å². The molecule has 0 aliphatic heterocycles. The molecule has 2 aliphatic rings. The van der Waals surface area contributed by atoms with E-state index >= 15 is 0 Å². The summed E-state index contributed by atoms with van der Waals surface area (Å²) in [5.41, 5.74) is 18.6. The smallest absolute Gasteiger partial charge is 0.0408 e. The molecular weight excluding hydrogens is 753 g/mol. The van der Waals surface area contributed by atoms with Crippen molar-refractivity contribution < 1.29 is 0 Å². The summed E-state index contributed by atoms with van der Waals surface area (Å²) in [5, 5.41) is 10.6. The molecule has 0 nitrogen and oxygen atoms in total. The van der Waals surface area contributed by atoms with E-state index in [0.717, 1.165) is 0 Å². The quantitative estimate of drug-likeness (QED) is 0.156. The minimum absolute atomic E-state index is 0.139. The number of rotatable bonds is 3. The van der Waals surface area contributed by atoms with Crippen molar-refractivity contribution in [2.75, 3.05) is 0 Å².